The molecule has 1 saturated carbocycles. The van der Waals surface area contributed by atoms with Crippen molar-refractivity contribution >= 4 is 6.98 Å². The largest absolute Gasteiger partial charge is 1.00 e. The van der Waals surface area contributed by atoms with Gasteiger partial charge in [-0.1, -0.05) is 24.4 Å². The van der Waals surface area contributed by atoms with Gasteiger partial charge in [-0.05, 0) is 12.8 Å². The molecule has 0 aromatic rings. The third-order valence-electron chi connectivity index (χ3n) is 1.76. The molecule has 0 heterocycles. The maximum atomic E-state index is 11.7. The molecule has 0 saturated heterocycles. The summed E-state index contributed by atoms with van der Waals surface area (Å²) in [6.07, 6.45) is 0.599. The monoisotopic (exact) mass is 188 g/mol. The van der Waals surface area contributed by atoms with Gasteiger partial charge in [-0.2, -0.15) is 0 Å². The Kier molecular flexibility index (Phi) is 4.96. The van der Waals surface area contributed by atoms with Gasteiger partial charge in [0.15, 0.2) is 0 Å². The summed E-state index contributed by atoms with van der Waals surface area (Å²) in [6.45, 7) is -0.976. The zero-order valence-corrected chi connectivity index (χ0v) is 9.74. The topological polar surface area (TPSA) is 0 Å². The molecule has 0 spiro atoms. The second-order valence-corrected chi connectivity index (χ2v) is 2.97. The Morgan fingerprint density at radius 2 is 1.82 bits per heavy atom. The third-order valence-corrected chi connectivity index (χ3v) is 1.76. The summed E-state index contributed by atoms with van der Waals surface area (Å²) in [7, 11) is 0. The van der Waals surface area contributed by atoms with Crippen molar-refractivity contribution in [2.24, 2.45) is 5.92 Å². The first-order valence-corrected chi connectivity index (χ1v) is 3.35. The van der Waals surface area contributed by atoms with Gasteiger partial charge < -0.3 is 12.9 Å². The molecule has 0 unspecified atom stereocenters. The van der Waals surface area contributed by atoms with Gasteiger partial charge in [0, 0.05) is 0 Å². The van der Waals surface area contributed by atoms with Crippen molar-refractivity contribution in [2.75, 3.05) is 0 Å². The summed E-state index contributed by atoms with van der Waals surface area (Å²) in [4.78, 5) is 0. The summed E-state index contributed by atoms with van der Waals surface area (Å²) in [6, 6.07) is 0. The Bertz CT molecular complexity index is 146. The Morgan fingerprint density at radius 3 is 2.09 bits per heavy atom. The second-order valence-electron chi connectivity index (χ2n) is 2.97. The van der Waals surface area contributed by atoms with Crippen molar-refractivity contribution in [3.05, 3.63) is 12.2 Å². The number of rotatable bonds is 2. The van der Waals surface area contributed by atoms with Crippen molar-refractivity contribution in [3.8, 4) is 0 Å². The average molecular weight is 188 g/mol. The van der Waals surface area contributed by atoms with Gasteiger partial charge in [0.1, 0.15) is 0 Å². The zero-order chi connectivity index (χ0) is 7.78. The van der Waals surface area contributed by atoms with Crippen LogP contribution in [0, 0.1) is 5.92 Å². The van der Waals surface area contributed by atoms with Crippen molar-refractivity contribution in [1.82, 2.24) is 0 Å². The first-order valence-electron chi connectivity index (χ1n) is 3.35. The van der Waals surface area contributed by atoms with E-state index in [0.29, 0.717) is 12.8 Å². The van der Waals surface area contributed by atoms with Gasteiger partial charge in [-0.3, -0.25) is 0 Å². The molecule has 0 amide bonds. The van der Waals surface area contributed by atoms with E-state index in [0.717, 1.165) is 5.57 Å². The van der Waals surface area contributed by atoms with Gasteiger partial charge in [-0.15, -0.1) is 0 Å². The van der Waals surface area contributed by atoms with Crippen LogP contribution in [0.5, 0.6) is 0 Å². The predicted molar refractivity (Wildman–Crippen MR) is 35.7 cm³/mol. The van der Waals surface area contributed by atoms with E-state index in [1.165, 1.54) is 0 Å². The molecule has 1 rings (SSSR count). The van der Waals surface area contributed by atoms with Crippen LogP contribution in [0.15, 0.2) is 12.2 Å². The second kappa shape index (κ2) is 4.46. The molecular weight excluding hydrogens is 179 g/mol. The van der Waals surface area contributed by atoms with Crippen molar-refractivity contribution in [1.29, 1.82) is 0 Å². The van der Waals surface area contributed by atoms with Crippen LogP contribution >= 0.6 is 0 Å². The number of hydrogen-bond acceptors (Lipinski definition) is 0. The van der Waals surface area contributed by atoms with Crippen LogP contribution in [0.2, 0.25) is 6.32 Å². The van der Waals surface area contributed by atoms with Crippen LogP contribution in [0.3, 0.4) is 0 Å². The van der Waals surface area contributed by atoms with Crippen LogP contribution in [-0.2, 0) is 0 Å². The molecule has 0 N–H and O–H groups in total. The van der Waals surface area contributed by atoms with Crippen LogP contribution in [-0.4, -0.2) is 6.98 Å². The van der Waals surface area contributed by atoms with E-state index < -0.39 is 13.3 Å². The van der Waals surface area contributed by atoms with Crippen LogP contribution in [0.25, 0.3) is 0 Å². The molecule has 0 aliphatic heterocycles. The standard InChI is InChI=1S/C6H9BF3.K/c1-5-2-6(3-5)4-7(8,9)10;/h6H,1-4H2;/q-1;+1. The normalized spacial score (nSPS) is 19.0. The van der Waals surface area contributed by atoms with E-state index in [2.05, 4.69) is 6.58 Å². The summed E-state index contributed by atoms with van der Waals surface area (Å²) in [5, 5.41) is 0. The fourth-order valence-corrected chi connectivity index (χ4v) is 1.30. The summed E-state index contributed by atoms with van der Waals surface area (Å²) < 4.78 is 35.1. The molecule has 0 aromatic heterocycles. The van der Waals surface area contributed by atoms with Gasteiger partial charge in [0.2, 0.25) is 0 Å². The minimum Gasteiger partial charge on any atom is -0.449 e. The molecular formula is C6H9BF3K. The van der Waals surface area contributed by atoms with Crippen LogP contribution in [0.1, 0.15) is 12.8 Å². The molecule has 0 atom stereocenters. The molecule has 0 bridgehead atoms. The molecule has 1 aliphatic carbocycles. The fourth-order valence-electron chi connectivity index (χ4n) is 1.30. The van der Waals surface area contributed by atoms with E-state index in [-0.39, 0.29) is 57.3 Å². The predicted octanol–water partition coefficient (Wildman–Crippen LogP) is -0.196. The van der Waals surface area contributed by atoms with E-state index in [9.17, 15) is 12.9 Å². The average Bonchev–Trinajstić information content (AvgIpc) is 1.57. The van der Waals surface area contributed by atoms with Crippen LogP contribution < -0.4 is 51.4 Å². The van der Waals surface area contributed by atoms with Crippen molar-refractivity contribution < 1.29 is 64.3 Å². The molecule has 0 radical (unpaired) electrons. The maximum absolute atomic E-state index is 11.7. The van der Waals surface area contributed by atoms with E-state index >= 15 is 0 Å². The molecule has 0 aromatic carbocycles. The van der Waals surface area contributed by atoms with Gasteiger partial charge >= 0.3 is 58.4 Å². The van der Waals surface area contributed by atoms with Crippen molar-refractivity contribution in [2.45, 2.75) is 19.2 Å². The fraction of sp³-hybridized carbons (Fsp3) is 0.667. The molecule has 58 valence electrons. The summed E-state index contributed by atoms with van der Waals surface area (Å²) in [5.74, 6) is -0.146. The number of halogens is 3. The Morgan fingerprint density at radius 1 is 1.36 bits per heavy atom. The zero-order valence-electron chi connectivity index (χ0n) is 6.62. The smallest absolute Gasteiger partial charge is 0.449 e. The van der Waals surface area contributed by atoms with E-state index in [4.69, 9.17) is 0 Å². The Hall–Kier alpha value is 1.23. The first kappa shape index (κ1) is 12.2. The molecule has 5 heteroatoms. The van der Waals surface area contributed by atoms with E-state index in [1.807, 2.05) is 0 Å². The summed E-state index contributed by atoms with van der Waals surface area (Å²) in [5.41, 5.74) is 0.963. The van der Waals surface area contributed by atoms with Gasteiger partial charge in [0.25, 0.3) is 0 Å². The molecule has 0 nitrogen and oxygen atoms in total. The number of allylic oxidation sites excluding steroid dienone is 1. The Labute approximate surface area is 107 Å². The van der Waals surface area contributed by atoms with Crippen molar-refractivity contribution in [3.63, 3.8) is 0 Å². The van der Waals surface area contributed by atoms with E-state index in [1.54, 1.807) is 0 Å². The number of hydrogen-bond donors (Lipinski definition) is 0. The first-order chi connectivity index (χ1) is 4.47. The maximum Gasteiger partial charge on any atom is 1.00 e. The molecule has 1 fully saturated rings. The molecule has 11 heavy (non-hydrogen) atoms. The minimum absolute atomic E-state index is 0. The SMILES string of the molecule is C=C1CC(C[B-](F)(F)F)C1.[K+]. The molecule has 1 aliphatic rings. The Balaban J connectivity index is 0.000001000. The third kappa shape index (κ3) is 4.73. The van der Waals surface area contributed by atoms with Gasteiger partial charge in [0.05, 0.1) is 0 Å². The van der Waals surface area contributed by atoms with Gasteiger partial charge in [-0.25, -0.2) is 0 Å². The quantitative estimate of drug-likeness (QED) is 0.416. The summed E-state index contributed by atoms with van der Waals surface area (Å²) >= 11 is 0. The van der Waals surface area contributed by atoms with Crippen LogP contribution in [0.4, 0.5) is 12.9 Å². The minimum atomic E-state index is -4.56.